The Kier molecular flexibility index (Phi) is 6.15. The second-order valence-electron chi connectivity index (χ2n) is 5.35. The van der Waals surface area contributed by atoms with Gasteiger partial charge in [0.05, 0.1) is 12.7 Å². The minimum absolute atomic E-state index is 0.298. The molecule has 1 aromatic heterocycles. The molecule has 1 N–H and O–H groups in total. The molecule has 1 amide bonds. The average Bonchev–Trinajstić information content (AvgIpc) is 2.61. The zero-order chi connectivity index (χ0) is 22.9. The van der Waals surface area contributed by atoms with Crippen LogP contribution in [0.25, 0.3) is 0 Å². The SMILES string of the molecule is COc1cc(C(=O)Nc2cc(C(F)(F)F)ccn2)cc(F)c1OS(=O)(=O)C(F)(F)F. The molecule has 2 rings (SSSR count). The van der Waals surface area contributed by atoms with E-state index in [9.17, 15) is 43.9 Å². The van der Waals surface area contributed by atoms with Gasteiger partial charge >= 0.3 is 21.8 Å². The summed E-state index contributed by atoms with van der Waals surface area (Å²) < 4.78 is 120. The van der Waals surface area contributed by atoms with Crippen LogP contribution in [-0.2, 0) is 16.3 Å². The lowest BCUT2D eigenvalue weighted by Crippen LogP contribution is -2.28. The van der Waals surface area contributed by atoms with Gasteiger partial charge in [0.25, 0.3) is 5.91 Å². The van der Waals surface area contributed by atoms with Gasteiger partial charge in [-0.05, 0) is 24.3 Å². The number of benzene rings is 1. The summed E-state index contributed by atoms with van der Waals surface area (Å²) in [7, 11) is -5.43. The van der Waals surface area contributed by atoms with Crippen LogP contribution in [0.1, 0.15) is 15.9 Å². The molecule has 2 aromatic rings. The van der Waals surface area contributed by atoms with Gasteiger partial charge in [-0.15, -0.1) is 0 Å². The molecule has 0 atom stereocenters. The standard InChI is InChI=1S/C15H9F7N2O5S/c1-28-10-5-7(4-9(16)12(10)29-30(26,27)15(20,21)22)13(25)24-11-6-8(2-3-23-11)14(17,18)19/h2-6H,1H3,(H,23,24,25). The minimum atomic E-state index is -6.24. The highest BCUT2D eigenvalue weighted by Gasteiger charge is 2.49. The first-order valence-corrected chi connectivity index (χ1v) is 8.79. The maximum absolute atomic E-state index is 14.2. The summed E-state index contributed by atoms with van der Waals surface area (Å²) in [5.74, 6) is -5.86. The summed E-state index contributed by atoms with van der Waals surface area (Å²) in [5.41, 5.74) is -7.65. The Balaban J connectivity index is 2.36. The summed E-state index contributed by atoms with van der Waals surface area (Å²) in [6.07, 6.45) is -3.99. The lowest BCUT2D eigenvalue weighted by atomic mass is 10.1. The Morgan fingerprint density at radius 3 is 2.27 bits per heavy atom. The quantitative estimate of drug-likeness (QED) is 0.414. The van der Waals surface area contributed by atoms with Crippen LogP contribution < -0.4 is 14.2 Å². The number of hydrogen-bond donors (Lipinski definition) is 1. The number of carbonyl (C=O) groups excluding carboxylic acids is 1. The highest BCUT2D eigenvalue weighted by atomic mass is 32.2. The van der Waals surface area contributed by atoms with Crippen LogP contribution in [0.15, 0.2) is 30.5 Å². The van der Waals surface area contributed by atoms with Gasteiger partial charge in [-0.1, -0.05) is 0 Å². The van der Waals surface area contributed by atoms with Crippen LogP contribution in [0.2, 0.25) is 0 Å². The fourth-order valence-corrected chi connectivity index (χ4v) is 2.43. The number of hydrogen-bond acceptors (Lipinski definition) is 6. The van der Waals surface area contributed by atoms with Crippen molar-refractivity contribution in [3.8, 4) is 11.5 Å². The summed E-state index contributed by atoms with van der Waals surface area (Å²) in [6, 6.07) is 2.03. The number of carbonyl (C=O) groups is 1. The van der Waals surface area contributed by atoms with E-state index in [1.807, 2.05) is 5.32 Å². The highest BCUT2D eigenvalue weighted by Crippen LogP contribution is 2.36. The van der Waals surface area contributed by atoms with Gasteiger partial charge in [0.1, 0.15) is 5.82 Å². The number of nitrogens with one attached hydrogen (secondary N) is 1. The van der Waals surface area contributed by atoms with Gasteiger partial charge in [-0.3, -0.25) is 4.79 Å². The Hall–Kier alpha value is -3.10. The molecule has 0 aliphatic carbocycles. The molecule has 0 radical (unpaired) electrons. The van der Waals surface area contributed by atoms with Crippen molar-refractivity contribution in [3.05, 3.63) is 47.4 Å². The molecule has 0 saturated carbocycles. The molecule has 1 aromatic carbocycles. The number of halogens is 7. The first kappa shape index (κ1) is 23.2. The molecule has 0 unspecified atom stereocenters. The predicted octanol–water partition coefficient (Wildman–Crippen LogP) is 3.73. The topological polar surface area (TPSA) is 94.6 Å². The number of ether oxygens (including phenoxy) is 1. The average molecular weight is 462 g/mol. The normalized spacial score (nSPS) is 12.4. The first-order chi connectivity index (χ1) is 13.7. The zero-order valence-corrected chi connectivity index (χ0v) is 15.2. The molecule has 0 fully saturated rings. The summed E-state index contributed by atoms with van der Waals surface area (Å²) in [5, 5.41) is 1.93. The monoisotopic (exact) mass is 462 g/mol. The summed E-state index contributed by atoms with van der Waals surface area (Å²) >= 11 is 0. The van der Waals surface area contributed by atoms with Crippen LogP contribution in [0.3, 0.4) is 0 Å². The molecule has 7 nitrogen and oxygen atoms in total. The molecule has 0 aliphatic heterocycles. The van der Waals surface area contributed by atoms with Crippen LogP contribution in [0.5, 0.6) is 11.5 Å². The smallest absolute Gasteiger partial charge is 0.493 e. The molecule has 0 spiro atoms. The fraction of sp³-hybridized carbons (Fsp3) is 0.200. The summed E-state index contributed by atoms with van der Waals surface area (Å²) in [4.78, 5) is 15.6. The Bertz CT molecular complexity index is 1070. The van der Waals surface area contributed by atoms with Crippen molar-refractivity contribution >= 4 is 21.8 Å². The maximum atomic E-state index is 14.2. The largest absolute Gasteiger partial charge is 0.534 e. The molecule has 15 heteroatoms. The van der Waals surface area contributed by atoms with Crippen molar-refractivity contribution in [2.75, 3.05) is 12.4 Å². The van der Waals surface area contributed by atoms with Crippen molar-refractivity contribution in [3.63, 3.8) is 0 Å². The fourth-order valence-electron chi connectivity index (χ4n) is 1.95. The Morgan fingerprint density at radius 2 is 1.73 bits per heavy atom. The molecule has 30 heavy (non-hydrogen) atoms. The molecular weight excluding hydrogens is 453 g/mol. The number of amides is 1. The Morgan fingerprint density at radius 1 is 1.10 bits per heavy atom. The number of nitrogens with zero attached hydrogens (tertiary/aromatic N) is 1. The number of aromatic nitrogens is 1. The third-order valence-electron chi connectivity index (χ3n) is 3.30. The summed E-state index contributed by atoms with van der Waals surface area (Å²) in [6.45, 7) is 0. The number of pyridine rings is 1. The highest BCUT2D eigenvalue weighted by molar-refractivity contribution is 7.88. The second kappa shape index (κ2) is 7.97. The van der Waals surface area contributed by atoms with Crippen LogP contribution in [0.4, 0.5) is 36.6 Å². The van der Waals surface area contributed by atoms with E-state index in [0.717, 1.165) is 13.3 Å². The molecule has 164 valence electrons. The second-order valence-corrected chi connectivity index (χ2v) is 6.89. The zero-order valence-electron chi connectivity index (χ0n) is 14.4. The number of rotatable bonds is 5. The maximum Gasteiger partial charge on any atom is 0.534 e. The van der Waals surface area contributed by atoms with Gasteiger partial charge in [-0.25, -0.2) is 9.37 Å². The van der Waals surface area contributed by atoms with Crippen molar-refractivity contribution in [1.29, 1.82) is 0 Å². The molecule has 1 heterocycles. The van der Waals surface area contributed by atoms with Gasteiger partial charge in [0, 0.05) is 11.8 Å². The molecule has 0 saturated heterocycles. The van der Waals surface area contributed by atoms with E-state index in [-0.39, 0.29) is 0 Å². The van der Waals surface area contributed by atoms with E-state index < -0.39 is 62.0 Å². The lowest BCUT2D eigenvalue weighted by molar-refractivity contribution is -0.137. The van der Waals surface area contributed by atoms with E-state index in [1.54, 1.807) is 0 Å². The van der Waals surface area contributed by atoms with Crippen molar-refractivity contribution in [1.82, 2.24) is 4.98 Å². The van der Waals surface area contributed by atoms with Crippen LogP contribution >= 0.6 is 0 Å². The van der Waals surface area contributed by atoms with E-state index in [4.69, 9.17) is 0 Å². The number of anilines is 1. The van der Waals surface area contributed by atoms with Crippen LogP contribution in [-0.4, -0.2) is 31.9 Å². The van der Waals surface area contributed by atoms with E-state index in [1.165, 1.54) is 0 Å². The molecule has 0 aliphatic rings. The van der Waals surface area contributed by atoms with Gasteiger partial charge in [-0.2, -0.15) is 34.8 Å². The van der Waals surface area contributed by atoms with E-state index >= 15 is 0 Å². The van der Waals surface area contributed by atoms with Crippen molar-refractivity contribution in [2.24, 2.45) is 0 Å². The van der Waals surface area contributed by atoms with E-state index in [0.29, 0.717) is 24.3 Å². The van der Waals surface area contributed by atoms with Crippen LogP contribution in [0, 0.1) is 5.82 Å². The van der Waals surface area contributed by atoms with Gasteiger partial charge < -0.3 is 14.2 Å². The number of methoxy groups -OCH3 is 1. The third-order valence-corrected chi connectivity index (χ3v) is 4.25. The minimum Gasteiger partial charge on any atom is -0.493 e. The van der Waals surface area contributed by atoms with Gasteiger partial charge in [0.15, 0.2) is 11.6 Å². The third kappa shape index (κ3) is 5.08. The van der Waals surface area contributed by atoms with Gasteiger partial charge in [0.2, 0.25) is 5.75 Å². The molecular formula is C15H9F7N2O5S. The molecule has 0 bridgehead atoms. The number of alkyl halides is 6. The van der Waals surface area contributed by atoms with Crippen molar-refractivity contribution < 1.29 is 52.9 Å². The van der Waals surface area contributed by atoms with E-state index in [2.05, 4.69) is 13.9 Å². The predicted molar refractivity (Wildman–Crippen MR) is 85.7 cm³/mol. The Labute approximate surface area is 163 Å². The first-order valence-electron chi connectivity index (χ1n) is 7.38. The lowest BCUT2D eigenvalue weighted by Gasteiger charge is -2.14. The van der Waals surface area contributed by atoms with Crippen molar-refractivity contribution in [2.45, 2.75) is 11.7 Å².